The predicted octanol–water partition coefficient (Wildman–Crippen LogP) is 21.1. The van der Waals surface area contributed by atoms with E-state index in [0.717, 1.165) is 57.8 Å². The highest BCUT2D eigenvalue weighted by Crippen LogP contribution is 2.24. The van der Waals surface area contributed by atoms with Gasteiger partial charge in [0.15, 0.2) is 6.29 Å². The maximum absolute atomic E-state index is 13.1. The Morgan fingerprint density at radius 1 is 0.407 bits per heavy atom. The van der Waals surface area contributed by atoms with E-state index in [0.29, 0.717) is 19.4 Å². The normalized spacial score (nSPS) is 17.8. The van der Waals surface area contributed by atoms with Crippen molar-refractivity contribution in [3.8, 4) is 0 Å². The minimum absolute atomic E-state index is 0.0124. The third-order valence-corrected chi connectivity index (χ3v) is 18.7. The fraction of sp³-hybridized carbons (Fsp3) is 0.875. The number of aliphatic hydroxyl groups is 5. The van der Waals surface area contributed by atoms with Crippen molar-refractivity contribution in [2.45, 2.75) is 429 Å². The molecular weight excluding hydrogens is 1130 g/mol. The summed E-state index contributed by atoms with van der Waals surface area (Å²) >= 11 is 0. The lowest BCUT2D eigenvalue weighted by Crippen LogP contribution is -2.60. The standard InChI is InChI=1S/C80H149NO10/c1-3-5-7-9-11-13-15-16-40-43-47-50-54-58-62-66-73(83)72(71-90-80-79(88)78(87)77(86)74(70-82)91-80)81-75(84)67-63-59-55-51-48-44-41-38-36-34-32-30-28-26-24-22-20-18-17-19-21-23-25-27-29-31-33-35-37-39-42-45-49-53-57-61-65-69-89-76(85)68-64-60-56-52-46-14-12-10-8-6-4-2/h17,19,23,25,47,50,62,66,72-74,77-80,82-83,86-88H,3-16,18,20-22,24,26-46,48-49,51-61,63-65,67-71H2,1-2H3,(H,81,84)/b19-17-,25-23-,50-47+,66-62+. The Morgan fingerprint density at radius 2 is 0.747 bits per heavy atom. The number of carbonyl (C=O) groups excluding carboxylic acids is 2. The zero-order valence-electron chi connectivity index (χ0n) is 59.6. The number of unbranched alkanes of at least 4 members (excludes halogenated alkanes) is 50. The van der Waals surface area contributed by atoms with E-state index in [1.54, 1.807) is 6.08 Å². The lowest BCUT2D eigenvalue weighted by atomic mass is 9.99. The molecule has 1 saturated heterocycles. The molecule has 11 heteroatoms. The summed E-state index contributed by atoms with van der Waals surface area (Å²) in [5.74, 6) is -0.174. The van der Waals surface area contributed by atoms with E-state index in [1.165, 1.54) is 302 Å². The molecule has 91 heavy (non-hydrogen) atoms. The maximum Gasteiger partial charge on any atom is 0.305 e. The zero-order chi connectivity index (χ0) is 65.8. The van der Waals surface area contributed by atoms with Crippen LogP contribution in [0.1, 0.15) is 386 Å². The fourth-order valence-electron chi connectivity index (χ4n) is 12.5. The first kappa shape index (κ1) is 86.6. The van der Waals surface area contributed by atoms with Crippen LogP contribution in [-0.4, -0.2) is 100 Å². The highest BCUT2D eigenvalue weighted by molar-refractivity contribution is 5.76. The van der Waals surface area contributed by atoms with Gasteiger partial charge in [0, 0.05) is 12.8 Å². The second-order valence-corrected chi connectivity index (χ2v) is 27.4. The van der Waals surface area contributed by atoms with E-state index < -0.39 is 49.5 Å². The summed E-state index contributed by atoms with van der Waals surface area (Å²) in [6.07, 6.45) is 81.3. The van der Waals surface area contributed by atoms with Crippen LogP contribution in [0.25, 0.3) is 0 Å². The number of esters is 1. The molecule has 7 atom stereocenters. The van der Waals surface area contributed by atoms with Gasteiger partial charge in [-0.05, 0) is 77.0 Å². The third-order valence-electron chi connectivity index (χ3n) is 18.7. The average Bonchev–Trinajstić information content (AvgIpc) is 1.62. The van der Waals surface area contributed by atoms with Crippen LogP contribution in [0.3, 0.4) is 0 Å². The molecule has 6 N–H and O–H groups in total. The molecule has 0 saturated carbocycles. The number of carbonyl (C=O) groups is 2. The first-order valence-corrected chi connectivity index (χ1v) is 39.4. The second kappa shape index (κ2) is 69.0. The molecule has 1 fully saturated rings. The van der Waals surface area contributed by atoms with Gasteiger partial charge in [0.2, 0.25) is 5.91 Å². The summed E-state index contributed by atoms with van der Waals surface area (Å²) < 4.78 is 16.8. The number of hydrogen-bond donors (Lipinski definition) is 6. The number of nitrogens with one attached hydrogen (secondary N) is 1. The third kappa shape index (κ3) is 57.6. The maximum atomic E-state index is 13.1. The number of hydrogen-bond acceptors (Lipinski definition) is 10. The smallest absolute Gasteiger partial charge is 0.305 e. The van der Waals surface area contributed by atoms with Crippen LogP contribution in [0.2, 0.25) is 0 Å². The minimum Gasteiger partial charge on any atom is -0.466 e. The Morgan fingerprint density at radius 3 is 1.15 bits per heavy atom. The molecular formula is C80H149NO10. The topological polar surface area (TPSA) is 175 Å². The van der Waals surface area contributed by atoms with Crippen molar-refractivity contribution in [1.29, 1.82) is 0 Å². The van der Waals surface area contributed by atoms with E-state index in [1.807, 2.05) is 6.08 Å². The van der Waals surface area contributed by atoms with Gasteiger partial charge in [-0.15, -0.1) is 0 Å². The van der Waals surface area contributed by atoms with E-state index in [2.05, 4.69) is 55.6 Å². The minimum atomic E-state index is -1.58. The SMILES string of the molecule is CCCCCCCCCCC/C=C/CC/C=C/C(O)C(COC1OC(CO)C(O)C(O)C1O)NC(=O)CCCCCCCCCCCCCCCCCCC/C=C\C/C=C\CCCCCCCCCCCCCCCOC(=O)CCCCCCCCCCCCC. The molecule has 0 aromatic rings. The zero-order valence-corrected chi connectivity index (χ0v) is 59.6. The molecule has 0 spiro atoms. The first-order valence-electron chi connectivity index (χ1n) is 39.4. The van der Waals surface area contributed by atoms with E-state index in [-0.39, 0.29) is 18.5 Å². The predicted molar refractivity (Wildman–Crippen MR) is 384 cm³/mol. The van der Waals surface area contributed by atoms with Crippen molar-refractivity contribution in [3.63, 3.8) is 0 Å². The quantitative estimate of drug-likeness (QED) is 0.0195. The Kier molecular flexibility index (Phi) is 65.7. The Balaban J connectivity index is 1.95. The summed E-state index contributed by atoms with van der Waals surface area (Å²) in [4.78, 5) is 25.1. The van der Waals surface area contributed by atoms with Crippen molar-refractivity contribution >= 4 is 11.9 Å². The second-order valence-electron chi connectivity index (χ2n) is 27.4. The van der Waals surface area contributed by atoms with Crippen molar-refractivity contribution in [1.82, 2.24) is 5.32 Å². The van der Waals surface area contributed by atoms with Gasteiger partial charge in [-0.2, -0.15) is 0 Å². The molecule has 11 nitrogen and oxygen atoms in total. The van der Waals surface area contributed by atoms with Crippen LogP contribution in [0, 0.1) is 0 Å². The lowest BCUT2D eigenvalue weighted by molar-refractivity contribution is -0.302. The van der Waals surface area contributed by atoms with Crippen LogP contribution in [-0.2, 0) is 23.8 Å². The molecule has 0 radical (unpaired) electrons. The highest BCUT2D eigenvalue weighted by atomic mass is 16.7. The van der Waals surface area contributed by atoms with Gasteiger partial charge < -0.3 is 45.1 Å². The van der Waals surface area contributed by atoms with Crippen molar-refractivity contribution in [2.24, 2.45) is 0 Å². The summed E-state index contributed by atoms with van der Waals surface area (Å²) in [6.45, 7) is 4.37. The summed E-state index contributed by atoms with van der Waals surface area (Å²) in [6, 6.07) is -0.826. The molecule has 1 aliphatic rings. The van der Waals surface area contributed by atoms with E-state index in [4.69, 9.17) is 14.2 Å². The van der Waals surface area contributed by atoms with Crippen LogP contribution >= 0.6 is 0 Å². The number of rotatable bonds is 70. The Labute approximate surface area is 561 Å². The van der Waals surface area contributed by atoms with Gasteiger partial charge in [-0.1, -0.05) is 345 Å². The molecule has 7 unspecified atom stereocenters. The van der Waals surface area contributed by atoms with Crippen molar-refractivity contribution < 1.29 is 49.3 Å². The first-order chi connectivity index (χ1) is 44.7. The summed E-state index contributed by atoms with van der Waals surface area (Å²) in [7, 11) is 0. The van der Waals surface area contributed by atoms with Crippen LogP contribution in [0.4, 0.5) is 0 Å². The number of aliphatic hydroxyl groups excluding tert-OH is 5. The molecule has 0 bridgehead atoms. The molecule has 1 amide bonds. The fourth-order valence-corrected chi connectivity index (χ4v) is 12.5. The van der Waals surface area contributed by atoms with Gasteiger partial charge in [0.25, 0.3) is 0 Å². The van der Waals surface area contributed by atoms with E-state index >= 15 is 0 Å². The molecule has 0 aliphatic carbocycles. The molecule has 0 aromatic carbocycles. The van der Waals surface area contributed by atoms with Crippen molar-refractivity contribution in [2.75, 3.05) is 19.8 Å². The van der Waals surface area contributed by atoms with Gasteiger partial charge in [0.1, 0.15) is 24.4 Å². The average molecular weight is 1290 g/mol. The summed E-state index contributed by atoms with van der Waals surface area (Å²) in [5.41, 5.74) is 0. The van der Waals surface area contributed by atoms with Crippen LogP contribution < -0.4 is 5.32 Å². The van der Waals surface area contributed by atoms with Gasteiger partial charge in [-0.3, -0.25) is 9.59 Å². The van der Waals surface area contributed by atoms with Gasteiger partial charge in [0.05, 0.1) is 32.0 Å². The molecule has 1 heterocycles. The largest absolute Gasteiger partial charge is 0.466 e. The van der Waals surface area contributed by atoms with Crippen molar-refractivity contribution in [3.05, 3.63) is 48.6 Å². The van der Waals surface area contributed by atoms with Gasteiger partial charge >= 0.3 is 5.97 Å². The van der Waals surface area contributed by atoms with Crippen LogP contribution in [0.15, 0.2) is 48.6 Å². The highest BCUT2D eigenvalue weighted by Gasteiger charge is 2.44. The number of allylic oxidation sites excluding steroid dienone is 7. The monoisotopic (exact) mass is 1280 g/mol. The Hall–Kier alpha value is -2.38. The number of amides is 1. The van der Waals surface area contributed by atoms with Gasteiger partial charge in [-0.25, -0.2) is 0 Å². The number of ether oxygens (including phenoxy) is 3. The molecule has 1 aliphatic heterocycles. The molecule has 0 aromatic heterocycles. The Bertz CT molecular complexity index is 1650. The molecule has 534 valence electrons. The van der Waals surface area contributed by atoms with E-state index in [9.17, 15) is 35.1 Å². The summed E-state index contributed by atoms with van der Waals surface area (Å²) in [5, 5.41) is 54.6. The lowest BCUT2D eigenvalue weighted by Gasteiger charge is -2.40. The molecule has 1 rings (SSSR count). The van der Waals surface area contributed by atoms with Crippen LogP contribution in [0.5, 0.6) is 0 Å².